The third-order valence-electron chi connectivity index (χ3n) is 1.69. The molecule has 0 aliphatic carbocycles. The normalized spacial score (nSPS) is 9.31. The molecule has 0 aromatic carbocycles. The lowest BCUT2D eigenvalue weighted by molar-refractivity contribution is 0.827. The minimum absolute atomic E-state index is 0.219. The number of aromatic nitrogens is 1. The summed E-state index contributed by atoms with van der Waals surface area (Å²) in [5.74, 6) is 0.219. The molecule has 0 atom stereocenters. The molecule has 0 N–H and O–H groups in total. The Labute approximate surface area is 77.5 Å². The Balaban J connectivity index is 3.28. The Morgan fingerprint density at radius 3 is 2.77 bits per heavy atom. The van der Waals surface area contributed by atoms with Crippen molar-refractivity contribution < 1.29 is 0 Å². The number of hydrogen-bond donors (Lipinski definition) is 0. The Kier molecular flexibility index (Phi) is 2.62. The maximum atomic E-state index is 8.59. The minimum Gasteiger partial charge on any atom is -0.271 e. The van der Waals surface area contributed by atoms with Gasteiger partial charge in [0.25, 0.3) is 0 Å². The fraction of sp³-hybridized carbons (Fsp3) is 0.300. The van der Waals surface area contributed by atoms with Crippen LogP contribution in [-0.4, -0.2) is 4.98 Å². The number of pyridine rings is 1. The van der Waals surface area contributed by atoms with Gasteiger partial charge in [0, 0.05) is 11.9 Å². The van der Waals surface area contributed by atoms with Gasteiger partial charge in [-0.05, 0) is 12.0 Å². The van der Waals surface area contributed by atoms with Crippen molar-refractivity contribution in [2.24, 2.45) is 0 Å². The molecule has 1 heterocycles. The minimum atomic E-state index is 0.219. The van der Waals surface area contributed by atoms with E-state index < -0.39 is 0 Å². The van der Waals surface area contributed by atoms with E-state index in [0.29, 0.717) is 11.3 Å². The number of nitriles is 1. The summed E-state index contributed by atoms with van der Waals surface area (Å²) in [5.41, 5.74) is 1.68. The number of hydrogen-bond acceptors (Lipinski definition) is 2. The molecule has 0 fully saturated rings. The fourth-order valence-corrected chi connectivity index (χ4v) is 1.06. The molecule has 0 radical (unpaired) electrons. The van der Waals surface area contributed by atoms with E-state index in [1.807, 2.05) is 19.9 Å². The second-order valence-electron chi connectivity index (χ2n) is 3.01. The zero-order chi connectivity index (χ0) is 9.84. The summed E-state index contributed by atoms with van der Waals surface area (Å²) in [5, 5.41) is 8.59. The Bertz CT molecular complexity index is 394. The Hall–Kier alpha value is -1.87. The quantitative estimate of drug-likeness (QED) is 0.609. The first-order valence-electron chi connectivity index (χ1n) is 3.96. The lowest BCUT2D eigenvalue weighted by Crippen LogP contribution is -1.92. The molecular weight excluding hydrogens is 162 g/mol. The molecule has 1 aromatic heterocycles. The highest BCUT2D eigenvalue weighted by Gasteiger charge is 2.08. The Morgan fingerprint density at radius 1 is 1.62 bits per heavy atom. The van der Waals surface area contributed by atoms with Gasteiger partial charge in [0.05, 0.1) is 18.2 Å². The van der Waals surface area contributed by atoms with Crippen LogP contribution in [0.2, 0.25) is 0 Å². The number of rotatable bonds is 1. The largest absolute Gasteiger partial charge is 0.271 e. The van der Waals surface area contributed by atoms with Crippen molar-refractivity contribution in [3.05, 3.63) is 34.9 Å². The van der Waals surface area contributed by atoms with Crippen LogP contribution in [0.5, 0.6) is 0 Å². The zero-order valence-electron chi connectivity index (χ0n) is 7.57. The molecule has 0 unspecified atom stereocenters. The van der Waals surface area contributed by atoms with E-state index in [2.05, 4.69) is 9.83 Å². The average molecular weight is 171 g/mol. The molecule has 13 heavy (non-hydrogen) atoms. The van der Waals surface area contributed by atoms with Crippen LogP contribution in [-0.2, 0) is 0 Å². The van der Waals surface area contributed by atoms with Crippen molar-refractivity contribution in [1.82, 2.24) is 4.98 Å². The molecule has 0 bridgehead atoms. The van der Waals surface area contributed by atoms with Crippen LogP contribution in [0.25, 0.3) is 4.85 Å². The maximum Gasteiger partial charge on any atom is 0.209 e. The smallest absolute Gasteiger partial charge is 0.209 e. The second kappa shape index (κ2) is 3.69. The maximum absolute atomic E-state index is 8.59. The highest BCUT2D eigenvalue weighted by Crippen LogP contribution is 2.24. The van der Waals surface area contributed by atoms with Crippen LogP contribution in [0.3, 0.4) is 0 Å². The lowest BCUT2D eigenvalue weighted by atomic mass is 10.1. The topological polar surface area (TPSA) is 41.0 Å². The molecule has 0 saturated carbocycles. The van der Waals surface area contributed by atoms with Gasteiger partial charge in [-0.15, -0.1) is 0 Å². The summed E-state index contributed by atoms with van der Waals surface area (Å²) in [6, 6.07) is 3.54. The van der Waals surface area contributed by atoms with Gasteiger partial charge >= 0.3 is 0 Å². The molecule has 1 rings (SSSR count). The average Bonchev–Trinajstić information content (AvgIpc) is 2.16. The highest BCUT2D eigenvalue weighted by atomic mass is 14.8. The van der Waals surface area contributed by atoms with E-state index in [1.165, 1.54) is 6.20 Å². The highest BCUT2D eigenvalue weighted by molar-refractivity contribution is 5.53. The van der Waals surface area contributed by atoms with Gasteiger partial charge in [0.1, 0.15) is 0 Å². The summed E-state index contributed by atoms with van der Waals surface area (Å²) in [6.07, 6.45) is 1.50. The van der Waals surface area contributed by atoms with Crippen LogP contribution in [0, 0.1) is 17.9 Å². The van der Waals surface area contributed by atoms with Gasteiger partial charge < -0.3 is 0 Å². The van der Waals surface area contributed by atoms with Gasteiger partial charge in [0.2, 0.25) is 5.69 Å². The first kappa shape index (κ1) is 9.22. The monoisotopic (exact) mass is 171 g/mol. The van der Waals surface area contributed by atoms with Crippen molar-refractivity contribution in [1.29, 1.82) is 5.26 Å². The fourth-order valence-electron chi connectivity index (χ4n) is 1.06. The van der Waals surface area contributed by atoms with Crippen molar-refractivity contribution in [2.45, 2.75) is 19.8 Å². The van der Waals surface area contributed by atoms with Crippen molar-refractivity contribution in [3.63, 3.8) is 0 Å². The third kappa shape index (κ3) is 1.83. The lowest BCUT2D eigenvalue weighted by Gasteiger charge is -2.05. The van der Waals surface area contributed by atoms with E-state index >= 15 is 0 Å². The van der Waals surface area contributed by atoms with Gasteiger partial charge in [0.15, 0.2) is 0 Å². The zero-order valence-corrected chi connectivity index (χ0v) is 7.57. The summed E-state index contributed by atoms with van der Waals surface area (Å²) >= 11 is 0. The molecule has 0 amide bonds. The molecular formula is C10H9N3. The van der Waals surface area contributed by atoms with E-state index in [-0.39, 0.29) is 5.92 Å². The van der Waals surface area contributed by atoms with Gasteiger partial charge in [-0.25, -0.2) is 4.85 Å². The van der Waals surface area contributed by atoms with Gasteiger partial charge in [-0.1, -0.05) is 13.8 Å². The van der Waals surface area contributed by atoms with Crippen LogP contribution in [0.15, 0.2) is 12.3 Å². The summed E-state index contributed by atoms with van der Waals surface area (Å²) in [6.45, 7) is 10.9. The molecule has 0 saturated heterocycles. The van der Waals surface area contributed by atoms with Crippen LogP contribution in [0.1, 0.15) is 31.0 Å². The molecule has 0 aliphatic rings. The summed E-state index contributed by atoms with van der Waals surface area (Å²) in [7, 11) is 0. The van der Waals surface area contributed by atoms with Crippen molar-refractivity contribution in [3.8, 4) is 6.07 Å². The first-order chi connectivity index (χ1) is 6.19. The SMILES string of the molecule is [C-]#[N+]c1cc(C#N)cnc1C(C)C. The van der Waals surface area contributed by atoms with Crippen LogP contribution >= 0.6 is 0 Å². The first-order valence-corrected chi connectivity index (χ1v) is 3.96. The van der Waals surface area contributed by atoms with Crippen molar-refractivity contribution >= 4 is 5.69 Å². The molecule has 0 aliphatic heterocycles. The molecule has 0 spiro atoms. The van der Waals surface area contributed by atoms with Crippen LogP contribution in [0.4, 0.5) is 5.69 Å². The van der Waals surface area contributed by atoms with Gasteiger partial charge in [-0.2, -0.15) is 5.26 Å². The summed E-state index contributed by atoms with van der Waals surface area (Å²) in [4.78, 5) is 7.42. The standard InChI is InChI=1S/C10H9N3/c1-7(2)10-9(12-3)4-8(5-11)6-13-10/h4,6-7H,1-2H3. The van der Waals surface area contributed by atoms with E-state index in [0.717, 1.165) is 5.69 Å². The molecule has 64 valence electrons. The molecule has 3 nitrogen and oxygen atoms in total. The van der Waals surface area contributed by atoms with Gasteiger partial charge in [-0.3, -0.25) is 4.98 Å². The predicted octanol–water partition coefficient (Wildman–Crippen LogP) is 2.63. The summed E-state index contributed by atoms with van der Waals surface area (Å²) < 4.78 is 0. The second-order valence-corrected chi connectivity index (χ2v) is 3.01. The van der Waals surface area contributed by atoms with Crippen molar-refractivity contribution in [2.75, 3.05) is 0 Å². The number of nitrogens with zero attached hydrogens (tertiary/aromatic N) is 3. The molecule has 1 aromatic rings. The predicted molar refractivity (Wildman–Crippen MR) is 49.3 cm³/mol. The van der Waals surface area contributed by atoms with E-state index in [9.17, 15) is 0 Å². The third-order valence-corrected chi connectivity index (χ3v) is 1.69. The Morgan fingerprint density at radius 2 is 2.31 bits per heavy atom. The molecule has 3 heteroatoms. The van der Waals surface area contributed by atoms with Crippen LogP contribution < -0.4 is 0 Å². The van der Waals surface area contributed by atoms with E-state index in [1.54, 1.807) is 6.07 Å². The van der Waals surface area contributed by atoms with E-state index in [4.69, 9.17) is 11.8 Å².